The number of aromatic carboxylic acids is 1. The summed E-state index contributed by atoms with van der Waals surface area (Å²) in [6.45, 7) is 7.30. The van der Waals surface area contributed by atoms with Crippen LogP contribution in [0.4, 0.5) is 0 Å². The lowest BCUT2D eigenvalue weighted by molar-refractivity contribution is -0.896. The third kappa shape index (κ3) is 4.62. The van der Waals surface area contributed by atoms with Crippen LogP contribution >= 0.6 is 0 Å². The van der Waals surface area contributed by atoms with Crippen LogP contribution in [-0.2, 0) is 10.0 Å². The van der Waals surface area contributed by atoms with E-state index in [0.29, 0.717) is 6.42 Å². The molecule has 7 nitrogen and oxygen atoms in total. The molecule has 1 rings (SSSR count). The Morgan fingerprint density at radius 1 is 1.35 bits per heavy atom. The molecule has 0 aliphatic carbocycles. The number of carbonyl (C=O) groups excluding carboxylic acids is 1. The fourth-order valence-corrected chi connectivity index (χ4v) is 2.80. The smallest absolute Gasteiger partial charge is 0.273 e. The third-order valence-corrected chi connectivity index (χ3v) is 4.38. The summed E-state index contributed by atoms with van der Waals surface area (Å²) in [4.78, 5) is 11.9. The summed E-state index contributed by atoms with van der Waals surface area (Å²) in [5.41, 5.74) is 0. The number of carboxylic acids is 1. The highest BCUT2D eigenvalue weighted by Crippen LogP contribution is 2.12. The molecule has 8 heteroatoms. The number of hydrogen-bond donors (Lipinski definition) is 2. The molecule has 0 saturated heterocycles. The molecule has 0 amide bonds. The zero-order chi connectivity index (χ0) is 15.2. The average Bonchev–Trinajstić information content (AvgIpc) is 2.89. The van der Waals surface area contributed by atoms with Gasteiger partial charge in [-0.3, -0.25) is 0 Å². The maximum atomic E-state index is 11.8. The number of hydrogen-bond acceptors (Lipinski definition) is 5. The minimum atomic E-state index is -3.80. The number of carbonyl (C=O) groups is 1. The van der Waals surface area contributed by atoms with E-state index in [1.54, 1.807) is 0 Å². The van der Waals surface area contributed by atoms with E-state index >= 15 is 0 Å². The Kier molecular flexibility index (Phi) is 6.18. The van der Waals surface area contributed by atoms with Crippen molar-refractivity contribution in [2.24, 2.45) is 0 Å². The fraction of sp³-hybridized carbons (Fsp3) is 0.583. The highest BCUT2D eigenvalue weighted by Gasteiger charge is 2.18. The van der Waals surface area contributed by atoms with Crippen molar-refractivity contribution in [1.82, 2.24) is 4.72 Å². The molecule has 0 aliphatic heterocycles. The van der Waals surface area contributed by atoms with E-state index in [2.05, 4.69) is 18.6 Å². The van der Waals surface area contributed by atoms with E-state index < -0.39 is 26.8 Å². The molecule has 2 N–H and O–H groups in total. The van der Waals surface area contributed by atoms with Crippen LogP contribution < -0.4 is 14.7 Å². The largest absolute Gasteiger partial charge is 0.542 e. The Balaban J connectivity index is 2.51. The van der Waals surface area contributed by atoms with Gasteiger partial charge in [-0.05, 0) is 26.0 Å². The van der Waals surface area contributed by atoms with Crippen molar-refractivity contribution < 1.29 is 27.6 Å². The van der Waals surface area contributed by atoms with Gasteiger partial charge in [-0.25, -0.2) is 13.1 Å². The Bertz CT molecular complexity index is 534. The first-order valence-corrected chi connectivity index (χ1v) is 8.03. The van der Waals surface area contributed by atoms with Crippen molar-refractivity contribution in [3.05, 3.63) is 17.9 Å². The quantitative estimate of drug-likeness (QED) is 0.526. The van der Waals surface area contributed by atoms with Gasteiger partial charge in [0.2, 0.25) is 5.09 Å². The van der Waals surface area contributed by atoms with Crippen LogP contribution in [0.5, 0.6) is 0 Å². The summed E-state index contributed by atoms with van der Waals surface area (Å²) in [5.74, 6) is -2.05. The topological polar surface area (TPSA) is 104 Å². The van der Waals surface area contributed by atoms with Crippen molar-refractivity contribution in [1.29, 1.82) is 0 Å². The standard InChI is InChI=1S/C12H20N2O5S/c1-3-14(4-2)9-5-8-13-20(17,18)11-7-6-10(19-11)12(15)16/h6-7,13H,3-5,8-9H2,1-2H3,(H,15,16). The molecule has 0 atom stereocenters. The van der Waals surface area contributed by atoms with Gasteiger partial charge in [0, 0.05) is 13.0 Å². The Morgan fingerprint density at radius 3 is 2.50 bits per heavy atom. The van der Waals surface area contributed by atoms with Gasteiger partial charge < -0.3 is 19.2 Å². The lowest BCUT2D eigenvalue weighted by atomic mass is 10.4. The van der Waals surface area contributed by atoms with Crippen LogP contribution in [0.2, 0.25) is 0 Å². The summed E-state index contributed by atoms with van der Waals surface area (Å²) in [5, 5.41) is 10.1. The molecule has 0 spiro atoms. The maximum Gasteiger partial charge on any atom is 0.273 e. The second-order valence-electron chi connectivity index (χ2n) is 4.36. The Labute approximate surface area is 118 Å². The molecule has 0 bridgehead atoms. The van der Waals surface area contributed by atoms with Gasteiger partial charge in [0.15, 0.2) is 5.76 Å². The van der Waals surface area contributed by atoms with Gasteiger partial charge in [0.25, 0.3) is 10.0 Å². The van der Waals surface area contributed by atoms with Crippen molar-refractivity contribution in [2.75, 3.05) is 26.2 Å². The molecule has 114 valence electrons. The van der Waals surface area contributed by atoms with Gasteiger partial charge in [-0.1, -0.05) is 0 Å². The predicted octanol–water partition coefficient (Wildman–Crippen LogP) is -1.76. The molecular formula is C12H20N2O5S. The highest BCUT2D eigenvalue weighted by atomic mass is 32.2. The number of nitrogens with one attached hydrogen (secondary N) is 2. The Hall–Kier alpha value is -1.38. The van der Waals surface area contributed by atoms with E-state index in [4.69, 9.17) is 4.42 Å². The van der Waals surface area contributed by atoms with E-state index in [1.807, 2.05) is 0 Å². The second kappa shape index (κ2) is 7.41. The van der Waals surface area contributed by atoms with Gasteiger partial charge in [0.05, 0.1) is 19.6 Å². The summed E-state index contributed by atoms with van der Waals surface area (Å²) in [6, 6.07) is 2.16. The van der Waals surface area contributed by atoms with Crippen molar-refractivity contribution >= 4 is 16.0 Å². The molecule has 1 heterocycles. The lowest BCUT2D eigenvalue weighted by Crippen LogP contribution is -3.11. The molecule has 1 aromatic heterocycles. The first-order chi connectivity index (χ1) is 9.40. The van der Waals surface area contributed by atoms with Crippen molar-refractivity contribution in [3.8, 4) is 0 Å². The fourth-order valence-electron chi connectivity index (χ4n) is 1.79. The molecule has 1 aromatic rings. The normalized spacial score (nSPS) is 11.9. The molecular weight excluding hydrogens is 284 g/mol. The van der Waals surface area contributed by atoms with Crippen molar-refractivity contribution in [3.63, 3.8) is 0 Å². The van der Waals surface area contributed by atoms with Gasteiger partial charge >= 0.3 is 0 Å². The monoisotopic (exact) mass is 304 g/mol. The minimum absolute atomic E-state index is 0.285. The lowest BCUT2D eigenvalue weighted by Gasteiger charge is -2.14. The van der Waals surface area contributed by atoms with Crippen LogP contribution in [0.25, 0.3) is 0 Å². The molecule has 0 saturated carbocycles. The summed E-state index contributed by atoms with van der Waals surface area (Å²) < 4.78 is 30.7. The van der Waals surface area contributed by atoms with E-state index in [9.17, 15) is 18.3 Å². The van der Waals surface area contributed by atoms with Crippen LogP contribution in [0.1, 0.15) is 30.8 Å². The van der Waals surface area contributed by atoms with Gasteiger partial charge in [-0.15, -0.1) is 0 Å². The number of rotatable bonds is 9. The number of furan rings is 1. The number of quaternary nitrogens is 1. The maximum absolute atomic E-state index is 11.8. The minimum Gasteiger partial charge on any atom is -0.542 e. The average molecular weight is 304 g/mol. The van der Waals surface area contributed by atoms with Gasteiger partial charge in [-0.2, -0.15) is 0 Å². The first kappa shape index (κ1) is 16.7. The van der Waals surface area contributed by atoms with Gasteiger partial charge in [0.1, 0.15) is 5.97 Å². The summed E-state index contributed by atoms with van der Waals surface area (Å²) in [6.07, 6.45) is 0.699. The number of carboxylic acid groups (broad SMARTS) is 1. The Morgan fingerprint density at radius 2 is 2.00 bits per heavy atom. The van der Waals surface area contributed by atoms with Crippen LogP contribution in [-0.4, -0.2) is 40.6 Å². The van der Waals surface area contributed by atoms with E-state index in [-0.39, 0.29) is 6.54 Å². The molecule has 0 aliphatic rings. The summed E-state index contributed by atoms with van der Waals surface area (Å²) >= 11 is 0. The third-order valence-electron chi connectivity index (χ3n) is 3.05. The predicted molar refractivity (Wildman–Crippen MR) is 69.8 cm³/mol. The van der Waals surface area contributed by atoms with Crippen molar-refractivity contribution in [2.45, 2.75) is 25.4 Å². The highest BCUT2D eigenvalue weighted by molar-refractivity contribution is 7.89. The molecule has 0 radical (unpaired) electrons. The van der Waals surface area contributed by atoms with E-state index in [0.717, 1.165) is 31.8 Å². The zero-order valence-electron chi connectivity index (χ0n) is 11.6. The number of sulfonamides is 1. The van der Waals surface area contributed by atoms with Crippen LogP contribution in [0, 0.1) is 0 Å². The SMILES string of the molecule is CC[NH+](CC)CCCNS(=O)(=O)c1ccc(C(=O)[O-])o1. The van der Waals surface area contributed by atoms with Crippen LogP contribution in [0.3, 0.4) is 0 Å². The first-order valence-electron chi connectivity index (χ1n) is 6.55. The molecule has 20 heavy (non-hydrogen) atoms. The summed E-state index contributed by atoms with van der Waals surface area (Å²) in [7, 11) is -3.80. The molecule has 0 fully saturated rings. The molecule has 0 unspecified atom stereocenters. The van der Waals surface area contributed by atoms with E-state index in [1.165, 1.54) is 4.90 Å². The van der Waals surface area contributed by atoms with Crippen LogP contribution in [0.15, 0.2) is 21.6 Å². The second-order valence-corrected chi connectivity index (χ2v) is 6.06. The zero-order valence-corrected chi connectivity index (χ0v) is 12.5. The molecule has 0 aromatic carbocycles.